The smallest absolute Gasteiger partial charge is 0.0828 e. The predicted molar refractivity (Wildman–Crippen MR) is 81.4 cm³/mol. The number of hydrogen-bond acceptors (Lipinski definition) is 3. The number of thiophene rings is 1. The molecule has 0 aromatic carbocycles. The van der Waals surface area contributed by atoms with E-state index in [2.05, 4.69) is 70.2 Å². The standard InChI is InChI=1S/C13H18BrN3S/c1-8(2)17-10(4)13(9(3)16-17)15-6-12-5-11(14)7-18-12/h5,7-8,15H,6H2,1-4H3. The minimum atomic E-state index is 0.398. The largest absolute Gasteiger partial charge is 0.377 e. The molecule has 0 saturated heterocycles. The fourth-order valence-electron chi connectivity index (χ4n) is 2.04. The number of aromatic nitrogens is 2. The first-order chi connectivity index (χ1) is 8.49. The maximum atomic E-state index is 4.58. The van der Waals surface area contributed by atoms with Gasteiger partial charge in [0.25, 0.3) is 0 Å². The molecule has 0 aliphatic rings. The normalized spacial score (nSPS) is 11.2. The number of anilines is 1. The van der Waals surface area contributed by atoms with Gasteiger partial charge in [-0.05, 0) is 49.7 Å². The molecule has 0 amide bonds. The summed E-state index contributed by atoms with van der Waals surface area (Å²) in [5.74, 6) is 0. The zero-order valence-corrected chi connectivity index (χ0v) is 13.5. The van der Waals surface area contributed by atoms with E-state index in [1.165, 1.54) is 10.6 Å². The molecule has 0 spiro atoms. The SMILES string of the molecule is Cc1nn(C(C)C)c(C)c1NCc1cc(Br)cs1. The molecular formula is C13H18BrN3S. The van der Waals surface area contributed by atoms with Gasteiger partial charge in [-0.15, -0.1) is 11.3 Å². The van der Waals surface area contributed by atoms with Crippen LogP contribution in [-0.2, 0) is 6.54 Å². The van der Waals surface area contributed by atoms with Crippen LogP contribution in [0.4, 0.5) is 5.69 Å². The zero-order chi connectivity index (χ0) is 13.3. The van der Waals surface area contributed by atoms with Gasteiger partial charge in [0.1, 0.15) is 0 Å². The van der Waals surface area contributed by atoms with E-state index in [1.54, 1.807) is 11.3 Å². The summed E-state index contributed by atoms with van der Waals surface area (Å²) in [6.07, 6.45) is 0. The van der Waals surface area contributed by atoms with Crippen LogP contribution in [0.1, 0.15) is 36.2 Å². The van der Waals surface area contributed by atoms with E-state index in [1.807, 2.05) is 0 Å². The fraction of sp³-hybridized carbons (Fsp3) is 0.462. The van der Waals surface area contributed by atoms with E-state index in [0.717, 1.165) is 22.4 Å². The summed E-state index contributed by atoms with van der Waals surface area (Å²) in [4.78, 5) is 1.32. The van der Waals surface area contributed by atoms with Crippen molar-refractivity contribution < 1.29 is 0 Å². The second-order valence-corrected chi connectivity index (χ2v) is 6.58. The van der Waals surface area contributed by atoms with Crippen molar-refractivity contribution in [2.75, 3.05) is 5.32 Å². The Morgan fingerprint density at radius 2 is 2.17 bits per heavy atom. The van der Waals surface area contributed by atoms with Gasteiger partial charge in [-0.25, -0.2) is 0 Å². The lowest BCUT2D eigenvalue weighted by molar-refractivity contribution is 0.516. The second kappa shape index (κ2) is 5.45. The van der Waals surface area contributed by atoms with Crippen LogP contribution >= 0.6 is 27.3 Å². The van der Waals surface area contributed by atoms with E-state index >= 15 is 0 Å². The molecular weight excluding hydrogens is 310 g/mol. The summed E-state index contributed by atoms with van der Waals surface area (Å²) in [6, 6.07) is 2.55. The average Bonchev–Trinajstić information content (AvgIpc) is 2.82. The van der Waals surface area contributed by atoms with Gasteiger partial charge < -0.3 is 5.32 Å². The van der Waals surface area contributed by atoms with Gasteiger partial charge in [0.15, 0.2) is 0 Å². The molecule has 18 heavy (non-hydrogen) atoms. The van der Waals surface area contributed by atoms with Gasteiger partial charge in [-0.3, -0.25) is 4.68 Å². The molecule has 2 heterocycles. The summed E-state index contributed by atoms with van der Waals surface area (Å²) in [7, 11) is 0. The van der Waals surface area contributed by atoms with E-state index in [9.17, 15) is 0 Å². The van der Waals surface area contributed by atoms with Gasteiger partial charge >= 0.3 is 0 Å². The van der Waals surface area contributed by atoms with Crippen LogP contribution in [0.3, 0.4) is 0 Å². The van der Waals surface area contributed by atoms with E-state index < -0.39 is 0 Å². The predicted octanol–water partition coefficient (Wildman–Crippen LogP) is 4.52. The van der Waals surface area contributed by atoms with E-state index in [-0.39, 0.29) is 0 Å². The van der Waals surface area contributed by atoms with Crippen LogP contribution in [0.2, 0.25) is 0 Å². The van der Waals surface area contributed by atoms with Gasteiger partial charge in [0, 0.05) is 27.3 Å². The van der Waals surface area contributed by atoms with Crippen LogP contribution in [-0.4, -0.2) is 9.78 Å². The molecule has 2 aromatic heterocycles. The Hall–Kier alpha value is -0.810. The molecule has 0 atom stereocenters. The van der Waals surface area contributed by atoms with E-state index in [0.29, 0.717) is 6.04 Å². The van der Waals surface area contributed by atoms with Crippen molar-refractivity contribution in [1.29, 1.82) is 0 Å². The third-order valence-electron chi connectivity index (χ3n) is 2.88. The van der Waals surface area contributed by atoms with Crippen molar-refractivity contribution in [1.82, 2.24) is 9.78 Å². The van der Waals surface area contributed by atoms with Crippen molar-refractivity contribution in [3.63, 3.8) is 0 Å². The highest BCUT2D eigenvalue weighted by molar-refractivity contribution is 9.10. The van der Waals surface area contributed by atoms with Crippen molar-refractivity contribution in [3.8, 4) is 0 Å². The molecule has 0 unspecified atom stereocenters. The first-order valence-electron chi connectivity index (χ1n) is 6.01. The minimum absolute atomic E-state index is 0.398. The lowest BCUT2D eigenvalue weighted by atomic mass is 10.3. The molecule has 0 fully saturated rings. The highest BCUT2D eigenvalue weighted by Gasteiger charge is 2.13. The van der Waals surface area contributed by atoms with Crippen LogP contribution in [0.5, 0.6) is 0 Å². The molecule has 2 rings (SSSR count). The number of nitrogens with zero attached hydrogens (tertiary/aromatic N) is 2. The highest BCUT2D eigenvalue weighted by Crippen LogP contribution is 2.25. The van der Waals surface area contributed by atoms with Crippen LogP contribution in [0.15, 0.2) is 15.9 Å². The molecule has 2 aromatic rings. The average molecular weight is 328 g/mol. The Morgan fingerprint density at radius 3 is 2.67 bits per heavy atom. The number of hydrogen-bond donors (Lipinski definition) is 1. The molecule has 1 N–H and O–H groups in total. The Kier molecular flexibility index (Phi) is 4.12. The molecule has 5 heteroatoms. The molecule has 0 aliphatic heterocycles. The van der Waals surface area contributed by atoms with Crippen molar-refractivity contribution in [3.05, 3.63) is 32.2 Å². The van der Waals surface area contributed by atoms with Crippen LogP contribution < -0.4 is 5.32 Å². The Balaban J connectivity index is 2.14. The summed E-state index contributed by atoms with van der Waals surface area (Å²) in [5.41, 5.74) is 3.43. The molecule has 0 aliphatic carbocycles. The van der Waals surface area contributed by atoms with Crippen LogP contribution in [0, 0.1) is 13.8 Å². The van der Waals surface area contributed by atoms with Gasteiger partial charge in [0.2, 0.25) is 0 Å². The first kappa shape index (κ1) is 13.6. The van der Waals surface area contributed by atoms with Crippen molar-refractivity contribution in [2.24, 2.45) is 0 Å². The number of nitrogens with one attached hydrogen (secondary N) is 1. The maximum absolute atomic E-state index is 4.58. The zero-order valence-electron chi connectivity index (χ0n) is 11.1. The molecule has 0 radical (unpaired) electrons. The molecule has 0 saturated carbocycles. The fourth-order valence-corrected chi connectivity index (χ4v) is 3.43. The van der Waals surface area contributed by atoms with Crippen LogP contribution in [0.25, 0.3) is 0 Å². The van der Waals surface area contributed by atoms with Gasteiger partial charge in [0.05, 0.1) is 17.1 Å². The van der Waals surface area contributed by atoms with Crippen molar-refractivity contribution in [2.45, 2.75) is 40.3 Å². The van der Waals surface area contributed by atoms with E-state index in [4.69, 9.17) is 0 Å². The molecule has 0 bridgehead atoms. The summed E-state index contributed by atoms with van der Waals surface area (Å²) in [5, 5.41) is 10.2. The summed E-state index contributed by atoms with van der Waals surface area (Å²) >= 11 is 5.23. The topological polar surface area (TPSA) is 29.9 Å². The Bertz CT molecular complexity index is 542. The lowest BCUT2D eigenvalue weighted by Gasteiger charge is -2.09. The number of halogens is 1. The summed E-state index contributed by atoms with van der Waals surface area (Å²) in [6.45, 7) is 9.33. The highest BCUT2D eigenvalue weighted by atomic mass is 79.9. The Morgan fingerprint density at radius 1 is 1.44 bits per heavy atom. The lowest BCUT2D eigenvalue weighted by Crippen LogP contribution is -2.05. The molecule has 3 nitrogen and oxygen atoms in total. The third-order valence-corrected chi connectivity index (χ3v) is 4.57. The van der Waals surface area contributed by atoms with Gasteiger partial charge in [-0.1, -0.05) is 0 Å². The molecule has 98 valence electrons. The van der Waals surface area contributed by atoms with Crippen molar-refractivity contribution >= 4 is 33.0 Å². The number of aryl methyl sites for hydroxylation is 1. The second-order valence-electron chi connectivity index (χ2n) is 4.67. The minimum Gasteiger partial charge on any atom is -0.377 e. The third kappa shape index (κ3) is 2.78. The maximum Gasteiger partial charge on any atom is 0.0828 e. The first-order valence-corrected chi connectivity index (χ1v) is 7.68. The summed E-state index contributed by atoms with van der Waals surface area (Å²) < 4.78 is 3.22. The quantitative estimate of drug-likeness (QED) is 0.894. The Labute approximate surface area is 120 Å². The monoisotopic (exact) mass is 327 g/mol. The number of rotatable bonds is 4. The van der Waals surface area contributed by atoms with Gasteiger partial charge in [-0.2, -0.15) is 5.10 Å².